The summed E-state index contributed by atoms with van der Waals surface area (Å²) in [6, 6.07) is 0. The standard InChI is InChI=1S/C16H32N2/c1-14(11-17-16(2,3)4)12-18(5)13-15-9-7-6-8-10-15/h15,17H,1,6-13H2,2-5H3. The molecule has 1 aliphatic carbocycles. The van der Waals surface area contributed by atoms with Gasteiger partial charge in [-0.2, -0.15) is 0 Å². The summed E-state index contributed by atoms with van der Waals surface area (Å²) >= 11 is 0. The van der Waals surface area contributed by atoms with Crippen LogP contribution in [0.25, 0.3) is 0 Å². The Labute approximate surface area is 114 Å². The zero-order valence-electron chi connectivity index (χ0n) is 12.9. The van der Waals surface area contributed by atoms with E-state index in [2.05, 4.69) is 44.6 Å². The highest BCUT2D eigenvalue weighted by Gasteiger charge is 2.16. The maximum atomic E-state index is 4.19. The Kier molecular flexibility index (Phi) is 6.37. The van der Waals surface area contributed by atoms with Gasteiger partial charge in [0.1, 0.15) is 0 Å². The Morgan fingerprint density at radius 3 is 2.39 bits per heavy atom. The Morgan fingerprint density at radius 2 is 1.83 bits per heavy atom. The summed E-state index contributed by atoms with van der Waals surface area (Å²) in [5.74, 6) is 0.923. The number of likely N-dealkylation sites (N-methyl/N-ethyl adjacent to an activating group) is 1. The second kappa shape index (κ2) is 7.30. The second-order valence-corrected chi connectivity index (χ2v) is 7.05. The van der Waals surface area contributed by atoms with E-state index in [1.54, 1.807) is 0 Å². The maximum Gasteiger partial charge on any atom is 0.0199 e. The zero-order chi connectivity index (χ0) is 13.6. The lowest BCUT2D eigenvalue weighted by Gasteiger charge is -2.28. The summed E-state index contributed by atoms with van der Waals surface area (Å²) in [4.78, 5) is 2.45. The number of nitrogens with one attached hydrogen (secondary N) is 1. The van der Waals surface area contributed by atoms with Gasteiger partial charge in [-0.25, -0.2) is 0 Å². The molecule has 1 N–H and O–H groups in total. The van der Waals surface area contributed by atoms with Gasteiger partial charge in [0.15, 0.2) is 0 Å². The number of hydrogen-bond donors (Lipinski definition) is 1. The normalized spacial score (nSPS) is 18.3. The van der Waals surface area contributed by atoms with Gasteiger partial charge >= 0.3 is 0 Å². The van der Waals surface area contributed by atoms with Crippen molar-refractivity contribution >= 4 is 0 Å². The van der Waals surface area contributed by atoms with Crippen LogP contribution in [0, 0.1) is 5.92 Å². The Balaban J connectivity index is 2.18. The van der Waals surface area contributed by atoms with Crippen molar-refractivity contribution in [1.82, 2.24) is 10.2 Å². The molecule has 1 rings (SSSR count). The first-order valence-electron chi connectivity index (χ1n) is 7.47. The molecule has 0 bridgehead atoms. The van der Waals surface area contributed by atoms with Gasteiger partial charge < -0.3 is 10.2 Å². The molecule has 0 amide bonds. The van der Waals surface area contributed by atoms with Crippen molar-refractivity contribution < 1.29 is 0 Å². The van der Waals surface area contributed by atoms with Crippen molar-refractivity contribution in [2.24, 2.45) is 5.92 Å². The fourth-order valence-corrected chi connectivity index (χ4v) is 2.70. The molecule has 0 aromatic heterocycles. The molecule has 1 fully saturated rings. The Morgan fingerprint density at radius 1 is 1.22 bits per heavy atom. The van der Waals surface area contributed by atoms with Crippen molar-refractivity contribution in [3.8, 4) is 0 Å². The molecule has 1 aliphatic rings. The van der Waals surface area contributed by atoms with Gasteiger partial charge in [0.05, 0.1) is 0 Å². The van der Waals surface area contributed by atoms with Crippen molar-refractivity contribution in [1.29, 1.82) is 0 Å². The molecule has 0 aromatic carbocycles. The van der Waals surface area contributed by atoms with Crippen LogP contribution in [0.2, 0.25) is 0 Å². The lowest BCUT2D eigenvalue weighted by atomic mass is 9.89. The van der Waals surface area contributed by atoms with Crippen molar-refractivity contribution in [3.63, 3.8) is 0 Å². The SMILES string of the molecule is C=C(CNC(C)(C)C)CN(C)CC1CCCCC1. The zero-order valence-corrected chi connectivity index (χ0v) is 12.9. The predicted molar refractivity (Wildman–Crippen MR) is 81.0 cm³/mol. The third-order valence-electron chi connectivity index (χ3n) is 3.66. The summed E-state index contributed by atoms with van der Waals surface area (Å²) in [6.07, 6.45) is 7.17. The molecule has 0 heterocycles. The van der Waals surface area contributed by atoms with Gasteiger partial charge in [-0.05, 0) is 52.2 Å². The molecule has 2 heteroatoms. The van der Waals surface area contributed by atoms with Crippen molar-refractivity contribution in [3.05, 3.63) is 12.2 Å². The lowest BCUT2D eigenvalue weighted by Crippen LogP contribution is -2.39. The number of rotatable bonds is 6. The average Bonchev–Trinajstić information content (AvgIpc) is 2.26. The van der Waals surface area contributed by atoms with E-state index in [4.69, 9.17) is 0 Å². The van der Waals surface area contributed by atoms with Gasteiger partial charge in [0.2, 0.25) is 0 Å². The molecule has 2 nitrogen and oxygen atoms in total. The molecule has 18 heavy (non-hydrogen) atoms. The third kappa shape index (κ3) is 7.17. The van der Waals surface area contributed by atoms with Crippen LogP contribution in [0.15, 0.2) is 12.2 Å². The highest BCUT2D eigenvalue weighted by molar-refractivity contribution is 5.00. The summed E-state index contributed by atoms with van der Waals surface area (Å²) in [7, 11) is 2.23. The fraction of sp³-hybridized carbons (Fsp3) is 0.875. The minimum Gasteiger partial charge on any atom is -0.308 e. The van der Waals surface area contributed by atoms with Crippen LogP contribution in [-0.4, -0.2) is 37.1 Å². The van der Waals surface area contributed by atoms with Crippen molar-refractivity contribution in [2.75, 3.05) is 26.7 Å². The fourth-order valence-electron chi connectivity index (χ4n) is 2.70. The van der Waals surface area contributed by atoms with E-state index in [0.29, 0.717) is 0 Å². The van der Waals surface area contributed by atoms with Gasteiger partial charge in [0.25, 0.3) is 0 Å². The van der Waals surface area contributed by atoms with E-state index < -0.39 is 0 Å². The second-order valence-electron chi connectivity index (χ2n) is 7.05. The van der Waals surface area contributed by atoms with Crippen LogP contribution in [0.4, 0.5) is 0 Å². The van der Waals surface area contributed by atoms with Crippen LogP contribution in [0.5, 0.6) is 0 Å². The van der Waals surface area contributed by atoms with Crippen LogP contribution >= 0.6 is 0 Å². The summed E-state index contributed by atoms with van der Waals surface area (Å²) in [5, 5.41) is 3.50. The molecule has 106 valence electrons. The minimum absolute atomic E-state index is 0.185. The predicted octanol–water partition coefficient (Wildman–Crippen LogP) is 3.44. The summed E-state index contributed by atoms with van der Waals surface area (Å²) in [6.45, 7) is 14.0. The monoisotopic (exact) mass is 252 g/mol. The van der Waals surface area contributed by atoms with Crippen LogP contribution in [0.1, 0.15) is 52.9 Å². The molecular weight excluding hydrogens is 220 g/mol. The highest BCUT2D eigenvalue weighted by atomic mass is 15.1. The third-order valence-corrected chi connectivity index (χ3v) is 3.66. The first-order chi connectivity index (χ1) is 8.37. The number of hydrogen-bond acceptors (Lipinski definition) is 2. The topological polar surface area (TPSA) is 15.3 Å². The largest absolute Gasteiger partial charge is 0.308 e. The van der Waals surface area contributed by atoms with Gasteiger partial charge in [-0.1, -0.05) is 25.8 Å². The van der Waals surface area contributed by atoms with Gasteiger partial charge in [-0.15, -0.1) is 0 Å². The van der Waals surface area contributed by atoms with Crippen LogP contribution in [-0.2, 0) is 0 Å². The average molecular weight is 252 g/mol. The molecule has 1 saturated carbocycles. The molecule has 0 unspecified atom stereocenters. The van der Waals surface area contributed by atoms with Crippen LogP contribution < -0.4 is 5.32 Å². The van der Waals surface area contributed by atoms with Gasteiger partial charge in [0, 0.05) is 25.2 Å². The van der Waals surface area contributed by atoms with Crippen LogP contribution in [0.3, 0.4) is 0 Å². The molecule has 0 radical (unpaired) electrons. The van der Waals surface area contributed by atoms with Crippen molar-refractivity contribution in [2.45, 2.75) is 58.4 Å². The van der Waals surface area contributed by atoms with E-state index >= 15 is 0 Å². The maximum absolute atomic E-state index is 4.19. The van der Waals surface area contributed by atoms with E-state index in [1.807, 2.05) is 0 Å². The molecule has 0 aliphatic heterocycles. The smallest absolute Gasteiger partial charge is 0.0199 e. The minimum atomic E-state index is 0.185. The van der Waals surface area contributed by atoms with E-state index in [1.165, 1.54) is 44.2 Å². The molecule has 0 saturated heterocycles. The number of nitrogens with zero attached hydrogens (tertiary/aromatic N) is 1. The summed E-state index contributed by atoms with van der Waals surface area (Å²) < 4.78 is 0. The van der Waals surface area contributed by atoms with E-state index in [-0.39, 0.29) is 5.54 Å². The Hall–Kier alpha value is -0.340. The molecular formula is C16H32N2. The molecule has 0 aromatic rings. The first-order valence-corrected chi connectivity index (χ1v) is 7.47. The highest BCUT2D eigenvalue weighted by Crippen LogP contribution is 2.24. The van der Waals surface area contributed by atoms with E-state index in [0.717, 1.165) is 19.0 Å². The molecule has 0 atom stereocenters. The van der Waals surface area contributed by atoms with E-state index in [9.17, 15) is 0 Å². The Bertz CT molecular complexity index is 246. The molecule has 0 spiro atoms. The quantitative estimate of drug-likeness (QED) is 0.729. The summed E-state index contributed by atoms with van der Waals surface area (Å²) in [5.41, 5.74) is 1.48. The van der Waals surface area contributed by atoms with Gasteiger partial charge in [-0.3, -0.25) is 0 Å². The lowest BCUT2D eigenvalue weighted by molar-refractivity contribution is 0.244. The first kappa shape index (κ1) is 15.7.